The molecule has 0 fully saturated rings. The number of amides is 2. The van der Waals surface area contributed by atoms with Crippen LogP contribution in [0.5, 0.6) is 5.75 Å². The number of anilines is 1. The van der Waals surface area contributed by atoms with E-state index in [1.165, 1.54) is 48.4 Å². The van der Waals surface area contributed by atoms with E-state index in [1.54, 1.807) is 0 Å². The Kier molecular flexibility index (Phi) is 11.7. The van der Waals surface area contributed by atoms with Gasteiger partial charge in [0.2, 0.25) is 11.8 Å². The average Bonchev–Trinajstić information content (AvgIpc) is 3.06. The van der Waals surface area contributed by atoms with Gasteiger partial charge in [0.15, 0.2) is 0 Å². The molecule has 0 saturated carbocycles. The molecular formula is C35H38FN3O5S. The topological polar surface area (TPSA) is 96.0 Å². The van der Waals surface area contributed by atoms with Gasteiger partial charge in [-0.15, -0.1) is 0 Å². The molecule has 1 N–H and O–H groups in total. The number of unbranched alkanes of at least 4 members (excludes halogenated alkanes) is 1. The Hall–Kier alpha value is -4.70. The maximum Gasteiger partial charge on any atom is 0.264 e. The highest BCUT2D eigenvalue weighted by Crippen LogP contribution is 2.26. The number of carbonyl (C=O) groups excluding carboxylic acids is 2. The van der Waals surface area contributed by atoms with Crippen LogP contribution < -0.4 is 14.4 Å². The standard InChI is InChI=1S/C35H38FN3O5S/c1-3-4-23-37-35(41)33(24-27-11-7-5-8-12-27)38(25-28-13-9-6-10-14-28)34(40)26-39(30-17-15-29(36)16-18-30)45(42,43)32-21-19-31(44-2)20-22-32/h5-22,33H,3-4,23-26H2,1-2H3,(H,37,41)/t33-/m1/s1. The van der Waals surface area contributed by atoms with Crippen LogP contribution in [-0.4, -0.2) is 51.4 Å². The normalized spacial score (nSPS) is 11.8. The molecule has 8 nitrogen and oxygen atoms in total. The van der Waals surface area contributed by atoms with E-state index in [0.29, 0.717) is 12.3 Å². The molecule has 4 rings (SSSR count). The zero-order valence-corrected chi connectivity index (χ0v) is 26.3. The molecule has 0 radical (unpaired) electrons. The van der Waals surface area contributed by atoms with Crippen molar-refractivity contribution in [3.05, 3.63) is 126 Å². The number of halogens is 1. The molecular weight excluding hydrogens is 593 g/mol. The van der Waals surface area contributed by atoms with Gasteiger partial charge < -0.3 is 15.0 Å². The van der Waals surface area contributed by atoms with Crippen molar-refractivity contribution in [1.82, 2.24) is 10.2 Å². The number of carbonyl (C=O) groups is 2. The van der Waals surface area contributed by atoms with Gasteiger partial charge in [0.25, 0.3) is 10.0 Å². The molecule has 0 aliphatic carbocycles. The van der Waals surface area contributed by atoms with Gasteiger partial charge in [-0.05, 0) is 66.1 Å². The quantitative estimate of drug-likeness (QED) is 0.173. The van der Waals surface area contributed by atoms with Crippen molar-refractivity contribution in [1.29, 1.82) is 0 Å². The summed E-state index contributed by atoms with van der Waals surface area (Å²) in [4.78, 5) is 29.5. The lowest BCUT2D eigenvalue weighted by atomic mass is 10.0. The first-order valence-corrected chi connectivity index (χ1v) is 16.2. The van der Waals surface area contributed by atoms with Crippen molar-refractivity contribution in [3.63, 3.8) is 0 Å². The first-order valence-electron chi connectivity index (χ1n) is 14.8. The summed E-state index contributed by atoms with van der Waals surface area (Å²) in [5.74, 6) is -1.01. The van der Waals surface area contributed by atoms with Crippen LogP contribution in [0.4, 0.5) is 10.1 Å². The SMILES string of the molecule is CCCCNC(=O)[C@@H](Cc1ccccc1)N(Cc1ccccc1)C(=O)CN(c1ccc(F)cc1)S(=O)(=O)c1ccc(OC)cc1. The molecule has 0 saturated heterocycles. The van der Waals surface area contributed by atoms with Crippen molar-refractivity contribution in [2.24, 2.45) is 0 Å². The second kappa shape index (κ2) is 15.9. The van der Waals surface area contributed by atoms with E-state index < -0.39 is 34.3 Å². The fourth-order valence-corrected chi connectivity index (χ4v) is 6.27. The number of methoxy groups -OCH3 is 1. The number of sulfonamides is 1. The Labute approximate surface area is 264 Å². The van der Waals surface area contributed by atoms with Crippen molar-refractivity contribution in [2.75, 3.05) is 24.5 Å². The van der Waals surface area contributed by atoms with E-state index in [2.05, 4.69) is 5.32 Å². The molecule has 0 aliphatic heterocycles. The Morgan fingerprint density at radius 1 is 0.844 bits per heavy atom. The lowest BCUT2D eigenvalue weighted by Gasteiger charge is -2.34. The number of ether oxygens (including phenoxy) is 1. The highest BCUT2D eigenvalue weighted by molar-refractivity contribution is 7.92. The zero-order chi connectivity index (χ0) is 32.2. The maximum atomic E-state index is 14.4. The molecule has 10 heteroatoms. The van der Waals surface area contributed by atoms with Gasteiger partial charge in [0.1, 0.15) is 24.2 Å². The Bertz CT molecular complexity index is 1630. The smallest absolute Gasteiger partial charge is 0.264 e. The summed E-state index contributed by atoms with van der Waals surface area (Å²) in [6.07, 6.45) is 1.88. The van der Waals surface area contributed by atoms with Crippen LogP contribution in [0.1, 0.15) is 30.9 Å². The van der Waals surface area contributed by atoms with Crippen LogP contribution in [-0.2, 0) is 32.6 Å². The van der Waals surface area contributed by atoms with Crippen LogP contribution in [0.25, 0.3) is 0 Å². The predicted molar refractivity (Wildman–Crippen MR) is 173 cm³/mol. The van der Waals surface area contributed by atoms with Gasteiger partial charge in [-0.1, -0.05) is 74.0 Å². The highest BCUT2D eigenvalue weighted by atomic mass is 32.2. The highest BCUT2D eigenvalue weighted by Gasteiger charge is 2.34. The van der Waals surface area contributed by atoms with Gasteiger partial charge in [-0.3, -0.25) is 13.9 Å². The van der Waals surface area contributed by atoms with E-state index in [0.717, 1.165) is 40.4 Å². The minimum atomic E-state index is -4.31. The largest absolute Gasteiger partial charge is 0.497 e. The number of benzene rings is 4. The average molecular weight is 632 g/mol. The fraction of sp³-hybridized carbons (Fsp3) is 0.257. The van der Waals surface area contributed by atoms with Crippen molar-refractivity contribution in [2.45, 2.75) is 43.7 Å². The number of nitrogens with zero attached hydrogens (tertiary/aromatic N) is 2. The lowest BCUT2D eigenvalue weighted by molar-refractivity contribution is -0.140. The van der Waals surface area contributed by atoms with Crippen LogP contribution in [0.15, 0.2) is 114 Å². The molecule has 0 aromatic heterocycles. The molecule has 236 valence electrons. The van der Waals surface area contributed by atoms with Gasteiger partial charge in [-0.25, -0.2) is 12.8 Å². The summed E-state index contributed by atoms with van der Waals surface area (Å²) >= 11 is 0. The minimum absolute atomic E-state index is 0.0677. The van der Waals surface area contributed by atoms with Crippen LogP contribution in [0, 0.1) is 5.82 Å². The van der Waals surface area contributed by atoms with Crippen LogP contribution >= 0.6 is 0 Å². The second-order valence-electron chi connectivity index (χ2n) is 10.5. The number of hydrogen-bond acceptors (Lipinski definition) is 5. The third kappa shape index (κ3) is 8.92. The van der Waals surface area contributed by atoms with Gasteiger partial charge in [-0.2, -0.15) is 0 Å². The van der Waals surface area contributed by atoms with E-state index >= 15 is 0 Å². The molecule has 45 heavy (non-hydrogen) atoms. The first kappa shape index (κ1) is 33.2. The van der Waals surface area contributed by atoms with E-state index in [-0.39, 0.29) is 29.5 Å². The summed E-state index contributed by atoms with van der Waals surface area (Å²) < 4.78 is 48.1. The Morgan fingerprint density at radius 3 is 2.02 bits per heavy atom. The maximum absolute atomic E-state index is 14.4. The number of rotatable bonds is 15. The monoisotopic (exact) mass is 631 g/mol. The molecule has 0 bridgehead atoms. The summed E-state index contributed by atoms with van der Waals surface area (Å²) in [6.45, 7) is 1.91. The lowest BCUT2D eigenvalue weighted by Crippen LogP contribution is -2.53. The number of nitrogens with one attached hydrogen (secondary N) is 1. The molecule has 4 aromatic rings. The third-order valence-electron chi connectivity index (χ3n) is 7.34. The molecule has 0 heterocycles. The van der Waals surface area contributed by atoms with Crippen LogP contribution in [0.2, 0.25) is 0 Å². The third-order valence-corrected chi connectivity index (χ3v) is 9.13. The molecule has 2 amide bonds. The Balaban J connectivity index is 1.77. The van der Waals surface area contributed by atoms with Gasteiger partial charge in [0, 0.05) is 19.5 Å². The van der Waals surface area contributed by atoms with Crippen LogP contribution in [0.3, 0.4) is 0 Å². The second-order valence-corrected chi connectivity index (χ2v) is 12.4. The van der Waals surface area contributed by atoms with Crippen molar-refractivity contribution in [3.8, 4) is 5.75 Å². The molecule has 0 unspecified atom stereocenters. The molecule has 1 atom stereocenters. The Morgan fingerprint density at radius 2 is 1.44 bits per heavy atom. The van der Waals surface area contributed by atoms with Crippen molar-refractivity contribution < 1.29 is 27.1 Å². The van der Waals surface area contributed by atoms with Gasteiger partial charge >= 0.3 is 0 Å². The predicted octanol–water partition coefficient (Wildman–Crippen LogP) is 5.59. The summed E-state index contributed by atoms with van der Waals surface area (Å²) in [6, 6.07) is 28.3. The summed E-state index contributed by atoms with van der Waals surface area (Å²) in [7, 11) is -2.84. The fourth-order valence-electron chi connectivity index (χ4n) is 4.85. The number of hydrogen-bond donors (Lipinski definition) is 1. The summed E-state index contributed by atoms with van der Waals surface area (Å²) in [5.41, 5.74) is 1.73. The van der Waals surface area contributed by atoms with Gasteiger partial charge in [0.05, 0.1) is 17.7 Å². The van der Waals surface area contributed by atoms with E-state index in [1.807, 2.05) is 67.6 Å². The zero-order valence-electron chi connectivity index (χ0n) is 25.4. The van der Waals surface area contributed by atoms with Crippen molar-refractivity contribution >= 4 is 27.5 Å². The molecule has 0 spiro atoms. The molecule has 4 aromatic carbocycles. The van der Waals surface area contributed by atoms with E-state index in [4.69, 9.17) is 4.74 Å². The molecule has 0 aliphatic rings. The first-order chi connectivity index (χ1) is 21.7. The minimum Gasteiger partial charge on any atom is -0.497 e. The van der Waals surface area contributed by atoms with E-state index in [9.17, 15) is 22.4 Å². The summed E-state index contributed by atoms with van der Waals surface area (Å²) in [5, 5.41) is 2.96.